The Labute approximate surface area is 648 Å². The molecule has 0 saturated heterocycles. The van der Waals surface area contributed by atoms with Gasteiger partial charge in [-0.2, -0.15) is 0 Å². The lowest BCUT2D eigenvalue weighted by Gasteiger charge is -2.21. The zero-order chi connectivity index (χ0) is 77.4. The van der Waals surface area contributed by atoms with Gasteiger partial charge in [0.05, 0.1) is 26.4 Å². The van der Waals surface area contributed by atoms with Gasteiger partial charge in [-0.25, -0.2) is 9.13 Å². The van der Waals surface area contributed by atoms with E-state index in [1.54, 1.807) is 0 Å². The molecule has 0 aliphatic rings. The third-order valence-electron chi connectivity index (χ3n) is 19.0. The number of rotatable bonds is 83. The van der Waals surface area contributed by atoms with Gasteiger partial charge < -0.3 is 33.8 Å². The van der Waals surface area contributed by atoms with Gasteiger partial charge in [-0.05, 0) is 89.9 Å². The molecular formula is C87H160O17P2. The zero-order valence-corrected chi connectivity index (χ0v) is 69.9. The quantitative estimate of drug-likeness (QED) is 0.0169. The van der Waals surface area contributed by atoms with Crippen molar-refractivity contribution in [1.82, 2.24) is 0 Å². The lowest BCUT2D eigenvalue weighted by atomic mass is 10.0. The molecule has 0 aliphatic heterocycles. The summed E-state index contributed by atoms with van der Waals surface area (Å²) in [5, 5.41) is 10.7. The van der Waals surface area contributed by atoms with E-state index in [-0.39, 0.29) is 25.7 Å². The summed E-state index contributed by atoms with van der Waals surface area (Å²) < 4.78 is 68.8. The number of hydrogen-bond acceptors (Lipinski definition) is 15. The average Bonchev–Trinajstić information content (AvgIpc) is 0.902. The minimum absolute atomic E-state index is 0.0246. The SMILES string of the molecule is CCCCC/C=C\C/C=C\C/C=C\C/C=C\CCCC(=O)O[C@H](COC(=O)CCCCCCCCCCCCCCCCCCC)COP(=O)(O)OC[C@H](O)COP(=O)(O)OC[C@@H](COC(=O)CCCCCCC/C=C\CCCCCCCC)OC(=O)CCCCCCCCCCCCCCCCCCC. The number of phosphoric ester groups is 2. The Morgan fingerprint density at radius 1 is 0.264 bits per heavy atom. The smallest absolute Gasteiger partial charge is 0.462 e. The van der Waals surface area contributed by atoms with Crippen molar-refractivity contribution in [3.8, 4) is 0 Å². The number of carbonyl (C=O) groups is 4. The fourth-order valence-electron chi connectivity index (χ4n) is 12.3. The second-order valence-corrected chi connectivity index (χ2v) is 32.4. The Hall–Kier alpha value is -3.24. The standard InChI is InChI=1S/C87H160O17P2/c1-5-9-13-17-21-25-29-33-37-40-44-48-52-56-60-64-68-72-85(90)98-78-83(104-87(92)74-70-66-62-58-54-50-46-42-39-35-31-27-23-19-15-11-7-3)80-102-106(95,96)100-76-81(88)75-99-105(93,94)101-79-82(77-97-84(89)71-67-63-59-55-51-47-43-36-32-28-24-20-16-12-8-4)103-86(91)73-69-65-61-57-53-49-45-41-38-34-30-26-22-18-14-10-6-2/h23,27,35-36,39,43,46,50,58,62,81-83,88H,5-22,24-26,28-34,37-38,40-42,44-45,47-49,51-57,59-61,63-80H2,1-4H3,(H,93,94)(H,95,96)/b27-23-,39-35-,43-36-,50-46-,62-58-/t81-,82-,83-/m1/s1. The van der Waals surface area contributed by atoms with Gasteiger partial charge in [-0.15, -0.1) is 0 Å². The third-order valence-corrected chi connectivity index (χ3v) is 20.9. The van der Waals surface area contributed by atoms with E-state index in [1.165, 1.54) is 218 Å². The maximum absolute atomic E-state index is 13.1. The van der Waals surface area contributed by atoms with Gasteiger partial charge in [0.1, 0.15) is 19.3 Å². The first-order chi connectivity index (χ1) is 51.7. The number of unbranched alkanes of at least 4 members (excludes halogenated alkanes) is 47. The summed E-state index contributed by atoms with van der Waals surface area (Å²) in [6.45, 7) is 4.89. The molecule has 0 aromatic carbocycles. The molecule has 106 heavy (non-hydrogen) atoms. The van der Waals surface area contributed by atoms with Crippen molar-refractivity contribution in [3.63, 3.8) is 0 Å². The summed E-state index contributed by atoms with van der Waals surface area (Å²) in [4.78, 5) is 73.2. The maximum atomic E-state index is 13.1. The summed E-state index contributed by atoms with van der Waals surface area (Å²) in [5.74, 6) is -2.20. The van der Waals surface area contributed by atoms with Crippen LogP contribution in [0, 0.1) is 0 Å². The van der Waals surface area contributed by atoms with Crippen LogP contribution in [-0.2, 0) is 65.4 Å². The first kappa shape index (κ1) is 103. The molecule has 0 saturated carbocycles. The largest absolute Gasteiger partial charge is 0.472 e. The van der Waals surface area contributed by atoms with E-state index < -0.39 is 97.5 Å². The van der Waals surface area contributed by atoms with Crippen LogP contribution in [0.25, 0.3) is 0 Å². The van der Waals surface area contributed by atoms with Crippen LogP contribution >= 0.6 is 15.6 Å². The molecule has 17 nitrogen and oxygen atoms in total. The second kappa shape index (κ2) is 79.8. The summed E-state index contributed by atoms with van der Waals surface area (Å²) >= 11 is 0. The molecule has 2 unspecified atom stereocenters. The van der Waals surface area contributed by atoms with E-state index in [1.807, 2.05) is 12.2 Å². The molecule has 0 fully saturated rings. The van der Waals surface area contributed by atoms with E-state index in [9.17, 15) is 43.2 Å². The van der Waals surface area contributed by atoms with Gasteiger partial charge >= 0.3 is 39.5 Å². The van der Waals surface area contributed by atoms with Gasteiger partial charge in [-0.1, -0.05) is 358 Å². The zero-order valence-electron chi connectivity index (χ0n) is 68.1. The summed E-state index contributed by atoms with van der Waals surface area (Å²) in [7, 11) is -9.97. The Balaban J connectivity index is 5.37. The van der Waals surface area contributed by atoms with Crippen molar-refractivity contribution in [2.45, 2.75) is 431 Å². The Bertz CT molecular complexity index is 2240. The van der Waals surface area contributed by atoms with Crippen LogP contribution in [-0.4, -0.2) is 96.7 Å². The van der Waals surface area contributed by atoms with Gasteiger partial charge in [0.25, 0.3) is 0 Å². The first-order valence-corrected chi connectivity index (χ1v) is 46.5. The number of ether oxygens (including phenoxy) is 4. The van der Waals surface area contributed by atoms with Crippen molar-refractivity contribution in [1.29, 1.82) is 0 Å². The van der Waals surface area contributed by atoms with E-state index in [0.717, 1.165) is 109 Å². The lowest BCUT2D eigenvalue weighted by molar-refractivity contribution is -0.161. The number of aliphatic hydroxyl groups is 1. The first-order valence-electron chi connectivity index (χ1n) is 43.5. The highest BCUT2D eigenvalue weighted by Crippen LogP contribution is 2.45. The number of allylic oxidation sites excluding steroid dienone is 10. The highest BCUT2D eigenvalue weighted by atomic mass is 31.2. The Morgan fingerprint density at radius 3 is 0.774 bits per heavy atom. The van der Waals surface area contributed by atoms with Crippen LogP contribution in [0.2, 0.25) is 0 Å². The number of phosphoric acid groups is 2. The molecule has 3 N–H and O–H groups in total. The Morgan fingerprint density at radius 2 is 0.472 bits per heavy atom. The van der Waals surface area contributed by atoms with E-state index in [2.05, 4.69) is 76.3 Å². The number of carbonyl (C=O) groups excluding carboxylic acids is 4. The Kier molecular flexibility index (Phi) is 77.4. The van der Waals surface area contributed by atoms with Crippen molar-refractivity contribution in [2.24, 2.45) is 0 Å². The van der Waals surface area contributed by atoms with Gasteiger partial charge in [-0.3, -0.25) is 37.3 Å². The topological polar surface area (TPSA) is 237 Å². The predicted molar refractivity (Wildman–Crippen MR) is 437 cm³/mol. The van der Waals surface area contributed by atoms with Crippen LogP contribution in [0.1, 0.15) is 413 Å². The van der Waals surface area contributed by atoms with Crippen molar-refractivity contribution in [2.75, 3.05) is 39.6 Å². The molecule has 0 spiro atoms. The van der Waals surface area contributed by atoms with E-state index in [4.69, 9.17) is 37.0 Å². The van der Waals surface area contributed by atoms with Crippen LogP contribution in [0.3, 0.4) is 0 Å². The van der Waals surface area contributed by atoms with Crippen molar-refractivity contribution in [3.05, 3.63) is 60.8 Å². The summed E-state index contributed by atoms with van der Waals surface area (Å²) in [6.07, 6.45) is 81.9. The molecule has 0 heterocycles. The summed E-state index contributed by atoms with van der Waals surface area (Å²) in [6, 6.07) is 0. The molecule has 0 aromatic rings. The molecule has 0 aromatic heterocycles. The average molecular weight is 1540 g/mol. The molecule has 5 atom stereocenters. The lowest BCUT2D eigenvalue weighted by Crippen LogP contribution is -2.30. The fourth-order valence-corrected chi connectivity index (χ4v) is 13.9. The molecule has 0 rings (SSSR count). The van der Waals surface area contributed by atoms with E-state index in [0.29, 0.717) is 32.1 Å². The second-order valence-electron chi connectivity index (χ2n) is 29.5. The predicted octanol–water partition coefficient (Wildman–Crippen LogP) is 25.8. The van der Waals surface area contributed by atoms with Crippen LogP contribution in [0.15, 0.2) is 60.8 Å². The molecule has 0 aliphatic carbocycles. The molecular weight excluding hydrogens is 1380 g/mol. The van der Waals surface area contributed by atoms with E-state index >= 15 is 0 Å². The molecule has 0 bridgehead atoms. The fraction of sp³-hybridized carbons (Fsp3) is 0.839. The van der Waals surface area contributed by atoms with Gasteiger partial charge in [0.15, 0.2) is 12.2 Å². The van der Waals surface area contributed by atoms with Crippen LogP contribution in [0.4, 0.5) is 0 Å². The highest BCUT2D eigenvalue weighted by molar-refractivity contribution is 7.47. The minimum Gasteiger partial charge on any atom is -0.462 e. The molecule has 620 valence electrons. The molecule has 0 amide bonds. The van der Waals surface area contributed by atoms with Gasteiger partial charge in [0.2, 0.25) is 0 Å². The maximum Gasteiger partial charge on any atom is 0.472 e. The number of hydrogen-bond donors (Lipinski definition) is 3. The minimum atomic E-state index is -4.99. The molecule has 0 radical (unpaired) electrons. The molecule has 19 heteroatoms. The number of esters is 4. The summed E-state index contributed by atoms with van der Waals surface area (Å²) in [5.41, 5.74) is 0. The van der Waals surface area contributed by atoms with Gasteiger partial charge in [0, 0.05) is 25.7 Å². The monoisotopic (exact) mass is 1540 g/mol. The number of aliphatic hydroxyl groups excluding tert-OH is 1. The van der Waals surface area contributed by atoms with Crippen molar-refractivity contribution < 1.29 is 80.2 Å². The van der Waals surface area contributed by atoms with Crippen molar-refractivity contribution >= 4 is 39.5 Å². The van der Waals surface area contributed by atoms with Crippen LogP contribution < -0.4 is 0 Å². The van der Waals surface area contributed by atoms with Crippen LogP contribution in [0.5, 0.6) is 0 Å². The highest BCUT2D eigenvalue weighted by Gasteiger charge is 2.30. The third kappa shape index (κ3) is 78.9. The normalized spacial score (nSPS) is 14.1.